The molecule has 5 heteroatoms. The molecule has 0 aromatic heterocycles. The average Bonchev–Trinajstić information content (AvgIpc) is 2.73. The summed E-state index contributed by atoms with van der Waals surface area (Å²) >= 11 is 0. The van der Waals surface area contributed by atoms with E-state index in [0.717, 1.165) is 38.0 Å². The lowest BCUT2D eigenvalue weighted by Crippen LogP contribution is -2.48. The second-order valence-electron chi connectivity index (χ2n) is 8.94. The van der Waals surface area contributed by atoms with E-state index in [1.807, 2.05) is 36.4 Å². The normalized spacial score (nSPS) is 22.5. The number of ether oxygens (including phenoxy) is 1. The molecule has 0 aliphatic carbocycles. The molecule has 0 saturated carbocycles. The van der Waals surface area contributed by atoms with Crippen LogP contribution >= 0.6 is 0 Å². The number of carbonyl (C=O) groups is 2. The first kappa shape index (κ1) is 23.0. The van der Waals surface area contributed by atoms with Gasteiger partial charge in [0.05, 0.1) is 6.04 Å². The van der Waals surface area contributed by atoms with E-state index in [-0.39, 0.29) is 23.3 Å². The smallest absolute Gasteiger partial charge is 0.308 e. The summed E-state index contributed by atoms with van der Waals surface area (Å²) in [6.07, 6.45) is 1.92. The van der Waals surface area contributed by atoms with E-state index < -0.39 is 0 Å². The molecule has 0 spiro atoms. The average molecular weight is 423 g/mol. The van der Waals surface area contributed by atoms with Crippen molar-refractivity contribution in [2.24, 2.45) is 5.92 Å². The van der Waals surface area contributed by atoms with E-state index in [1.54, 1.807) is 6.92 Å². The number of hydrogen-bond acceptors (Lipinski definition) is 4. The van der Waals surface area contributed by atoms with Crippen LogP contribution in [0.4, 0.5) is 0 Å². The van der Waals surface area contributed by atoms with Gasteiger partial charge < -0.3 is 15.0 Å². The molecule has 0 bridgehead atoms. The highest BCUT2D eigenvalue weighted by Crippen LogP contribution is 2.40. The van der Waals surface area contributed by atoms with Crippen molar-refractivity contribution in [3.63, 3.8) is 0 Å². The summed E-state index contributed by atoms with van der Waals surface area (Å²) in [6.45, 7) is 10.6. The van der Waals surface area contributed by atoms with E-state index >= 15 is 0 Å². The summed E-state index contributed by atoms with van der Waals surface area (Å²) in [6, 6.07) is 18.2. The van der Waals surface area contributed by atoms with Crippen molar-refractivity contribution in [2.45, 2.75) is 52.0 Å². The molecule has 166 valence electrons. The zero-order valence-corrected chi connectivity index (χ0v) is 19.1. The number of rotatable bonds is 7. The molecule has 1 aliphatic rings. The van der Waals surface area contributed by atoms with Crippen molar-refractivity contribution in [2.75, 3.05) is 19.6 Å². The molecule has 1 fully saturated rings. The number of nitrogens with zero attached hydrogens (tertiary/aromatic N) is 1. The standard InChI is InChI=1S/C26H34N2O3/c1-19-18-28(15-13-25(27-20(2)29)22-9-6-5-7-10-22)16-14-26(19,4)23-11-8-12-24(17-23)31-21(3)30/h5-12,17,19,25H,13-16,18H2,1-4H3,(H,27,29)/t19-,25?,26-/m0/s1. The van der Waals surface area contributed by atoms with Crippen LogP contribution < -0.4 is 10.1 Å². The first-order chi connectivity index (χ1) is 14.8. The molecule has 3 atom stereocenters. The lowest BCUT2D eigenvalue weighted by atomic mass is 9.68. The highest BCUT2D eigenvalue weighted by molar-refractivity contribution is 5.73. The van der Waals surface area contributed by atoms with Crippen LogP contribution in [0.5, 0.6) is 5.75 Å². The van der Waals surface area contributed by atoms with Gasteiger partial charge in [0.2, 0.25) is 5.91 Å². The predicted molar refractivity (Wildman–Crippen MR) is 123 cm³/mol. The Morgan fingerprint density at radius 1 is 1.16 bits per heavy atom. The van der Waals surface area contributed by atoms with Gasteiger partial charge in [0.25, 0.3) is 0 Å². The molecule has 1 N–H and O–H groups in total. The highest BCUT2D eigenvalue weighted by Gasteiger charge is 2.38. The number of benzene rings is 2. The molecule has 2 aromatic carbocycles. The van der Waals surface area contributed by atoms with Crippen molar-refractivity contribution in [3.8, 4) is 5.75 Å². The lowest BCUT2D eigenvalue weighted by molar-refractivity contribution is -0.131. The Balaban J connectivity index is 1.64. The second-order valence-corrected chi connectivity index (χ2v) is 8.94. The molecule has 3 rings (SSSR count). The predicted octanol–water partition coefficient (Wildman–Crippen LogP) is 4.48. The fourth-order valence-corrected chi connectivity index (χ4v) is 4.59. The first-order valence-electron chi connectivity index (χ1n) is 11.1. The van der Waals surface area contributed by atoms with Crippen molar-refractivity contribution >= 4 is 11.9 Å². The Kier molecular flexibility index (Phi) is 7.50. The van der Waals surface area contributed by atoms with Crippen LogP contribution in [0.2, 0.25) is 0 Å². The van der Waals surface area contributed by atoms with E-state index in [4.69, 9.17) is 4.74 Å². The van der Waals surface area contributed by atoms with Gasteiger partial charge in [-0.3, -0.25) is 9.59 Å². The Labute approximate surface area is 185 Å². The second kappa shape index (κ2) is 10.1. The quantitative estimate of drug-likeness (QED) is 0.528. The zero-order valence-electron chi connectivity index (χ0n) is 19.1. The van der Waals surface area contributed by atoms with Gasteiger partial charge in [0, 0.05) is 26.9 Å². The van der Waals surface area contributed by atoms with Gasteiger partial charge in [-0.1, -0.05) is 56.3 Å². The fraction of sp³-hybridized carbons (Fsp3) is 0.462. The molecule has 1 aliphatic heterocycles. The number of likely N-dealkylation sites (tertiary alicyclic amines) is 1. The van der Waals surface area contributed by atoms with Gasteiger partial charge in [-0.05, 0) is 54.0 Å². The minimum Gasteiger partial charge on any atom is -0.427 e. The number of esters is 1. The Morgan fingerprint density at radius 3 is 2.55 bits per heavy atom. The molecular weight excluding hydrogens is 388 g/mol. The SMILES string of the molecule is CC(=O)NC(CCN1CC[C@](C)(c2cccc(OC(C)=O)c2)[C@@H](C)C1)c1ccccc1. The summed E-state index contributed by atoms with van der Waals surface area (Å²) in [5, 5.41) is 3.10. The van der Waals surface area contributed by atoms with Crippen LogP contribution in [0, 0.1) is 5.92 Å². The number of nitrogens with one attached hydrogen (secondary N) is 1. The first-order valence-corrected chi connectivity index (χ1v) is 11.1. The van der Waals surface area contributed by atoms with Crippen LogP contribution in [-0.2, 0) is 15.0 Å². The van der Waals surface area contributed by atoms with Gasteiger partial charge in [-0.2, -0.15) is 0 Å². The number of piperidine rings is 1. The fourth-order valence-electron chi connectivity index (χ4n) is 4.59. The third-order valence-electron chi connectivity index (χ3n) is 6.64. The van der Waals surface area contributed by atoms with Crippen LogP contribution in [0.1, 0.15) is 57.7 Å². The molecule has 5 nitrogen and oxygen atoms in total. The maximum atomic E-state index is 11.7. The molecule has 1 heterocycles. The Morgan fingerprint density at radius 2 is 1.90 bits per heavy atom. The minimum absolute atomic E-state index is 0.00102. The van der Waals surface area contributed by atoms with Gasteiger partial charge in [0.15, 0.2) is 0 Å². The monoisotopic (exact) mass is 422 g/mol. The third-order valence-corrected chi connectivity index (χ3v) is 6.64. The zero-order chi connectivity index (χ0) is 22.4. The maximum absolute atomic E-state index is 11.7. The Bertz CT molecular complexity index is 899. The van der Waals surface area contributed by atoms with E-state index in [2.05, 4.69) is 42.3 Å². The van der Waals surface area contributed by atoms with E-state index in [1.165, 1.54) is 12.5 Å². The summed E-state index contributed by atoms with van der Waals surface area (Å²) in [7, 11) is 0. The number of carbonyl (C=O) groups excluding carboxylic acids is 2. The van der Waals surface area contributed by atoms with Gasteiger partial charge >= 0.3 is 5.97 Å². The lowest BCUT2D eigenvalue weighted by Gasteiger charge is -2.45. The van der Waals surface area contributed by atoms with Crippen molar-refractivity contribution in [1.29, 1.82) is 0 Å². The summed E-state index contributed by atoms with van der Waals surface area (Å²) in [5.41, 5.74) is 2.40. The van der Waals surface area contributed by atoms with E-state index in [0.29, 0.717) is 11.7 Å². The van der Waals surface area contributed by atoms with Crippen LogP contribution in [0.25, 0.3) is 0 Å². The van der Waals surface area contributed by atoms with Gasteiger partial charge in [-0.15, -0.1) is 0 Å². The van der Waals surface area contributed by atoms with Gasteiger partial charge in [-0.25, -0.2) is 0 Å². The third kappa shape index (κ3) is 5.95. The summed E-state index contributed by atoms with van der Waals surface area (Å²) in [4.78, 5) is 25.5. The number of amides is 1. The summed E-state index contributed by atoms with van der Waals surface area (Å²) < 4.78 is 5.30. The van der Waals surface area contributed by atoms with E-state index in [9.17, 15) is 9.59 Å². The molecule has 1 unspecified atom stereocenters. The van der Waals surface area contributed by atoms with Gasteiger partial charge in [0.1, 0.15) is 5.75 Å². The Hall–Kier alpha value is -2.66. The van der Waals surface area contributed by atoms with Crippen LogP contribution in [0.3, 0.4) is 0 Å². The molecular formula is C26H34N2O3. The maximum Gasteiger partial charge on any atom is 0.308 e. The van der Waals surface area contributed by atoms with Crippen LogP contribution in [-0.4, -0.2) is 36.4 Å². The highest BCUT2D eigenvalue weighted by atomic mass is 16.5. The minimum atomic E-state index is -0.294. The van der Waals surface area contributed by atoms with Crippen LogP contribution in [0.15, 0.2) is 54.6 Å². The molecule has 1 amide bonds. The largest absolute Gasteiger partial charge is 0.427 e. The summed E-state index contributed by atoms with van der Waals surface area (Å²) in [5.74, 6) is 0.769. The molecule has 31 heavy (non-hydrogen) atoms. The molecule has 0 radical (unpaired) electrons. The topological polar surface area (TPSA) is 58.6 Å². The van der Waals surface area contributed by atoms with Crippen molar-refractivity contribution < 1.29 is 14.3 Å². The molecule has 1 saturated heterocycles. The van der Waals surface area contributed by atoms with Crippen molar-refractivity contribution in [3.05, 3.63) is 65.7 Å². The number of hydrogen-bond donors (Lipinski definition) is 1. The van der Waals surface area contributed by atoms with Crippen molar-refractivity contribution in [1.82, 2.24) is 10.2 Å². The molecule has 2 aromatic rings.